The van der Waals surface area contributed by atoms with Gasteiger partial charge in [-0.15, -0.1) is 0 Å². The lowest BCUT2D eigenvalue weighted by atomic mass is 9.98. The molecule has 1 saturated carbocycles. The van der Waals surface area contributed by atoms with Gasteiger partial charge < -0.3 is 14.6 Å². The Morgan fingerprint density at radius 1 is 1.42 bits per heavy atom. The van der Waals surface area contributed by atoms with Crippen LogP contribution in [0.1, 0.15) is 49.0 Å². The van der Waals surface area contributed by atoms with E-state index in [4.69, 9.17) is 4.74 Å². The van der Waals surface area contributed by atoms with Crippen LogP contribution >= 0.6 is 0 Å². The largest absolute Gasteiger partial charge is 0.378 e. The van der Waals surface area contributed by atoms with Crippen molar-refractivity contribution >= 4 is 5.91 Å². The summed E-state index contributed by atoms with van der Waals surface area (Å²) >= 11 is 0. The summed E-state index contributed by atoms with van der Waals surface area (Å²) in [4.78, 5) is 11.8. The number of aryl methyl sites for hydroxylation is 1. The van der Waals surface area contributed by atoms with Crippen molar-refractivity contribution < 1.29 is 9.53 Å². The first kappa shape index (κ1) is 14.1. The Labute approximate surface area is 115 Å². The maximum atomic E-state index is 11.8. The summed E-state index contributed by atoms with van der Waals surface area (Å²) in [5.74, 6) is -0.00911. The molecule has 0 spiro atoms. The SMILES string of the molecule is Cn1cccc1C(=O)NCCCOC1CCCCC1. The molecule has 0 unspecified atom stereocenters. The number of carbonyl (C=O) groups is 1. The summed E-state index contributed by atoms with van der Waals surface area (Å²) in [5, 5.41) is 2.92. The van der Waals surface area contributed by atoms with E-state index in [0.29, 0.717) is 18.3 Å². The fraction of sp³-hybridized carbons (Fsp3) is 0.667. The van der Waals surface area contributed by atoms with Crippen LogP contribution in [0.4, 0.5) is 0 Å². The minimum Gasteiger partial charge on any atom is -0.378 e. The first-order chi connectivity index (χ1) is 9.27. The molecule has 1 amide bonds. The molecule has 1 aliphatic rings. The molecule has 1 aromatic heterocycles. The molecule has 0 aliphatic heterocycles. The predicted octanol–water partition coefficient (Wildman–Crippen LogP) is 2.49. The molecule has 0 saturated heterocycles. The number of hydrogen-bond acceptors (Lipinski definition) is 2. The first-order valence-electron chi connectivity index (χ1n) is 7.28. The summed E-state index contributed by atoms with van der Waals surface area (Å²) in [7, 11) is 1.88. The van der Waals surface area contributed by atoms with E-state index in [1.54, 1.807) is 0 Å². The van der Waals surface area contributed by atoms with E-state index in [0.717, 1.165) is 13.0 Å². The molecule has 1 heterocycles. The van der Waals surface area contributed by atoms with Crippen molar-refractivity contribution in [2.45, 2.75) is 44.6 Å². The number of ether oxygens (including phenoxy) is 1. The lowest BCUT2D eigenvalue weighted by Crippen LogP contribution is -2.27. The number of carbonyl (C=O) groups excluding carboxylic acids is 1. The highest BCUT2D eigenvalue weighted by molar-refractivity contribution is 5.92. The van der Waals surface area contributed by atoms with Crippen LogP contribution in [-0.4, -0.2) is 29.7 Å². The normalized spacial score (nSPS) is 16.5. The lowest BCUT2D eigenvalue weighted by Gasteiger charge is -2.21. The molecular formula is C15H24N2O2. The molecule has 0 radical (unpaired) electrons. The van der Waals surface area contributed by atoms with Crippen molar-refractivity contribution in [3.05, 3.63) is 24.0 Å². The molecule has 1 fully saturated rings. The summed E-state index contributed by atoms with van der Waals surface area (Å²) in [6.45, 7) is 1.43. The van der Waals surface area contributed by atoms with Crippen LogP contribution in [0.2, 0.25) is 0 Å². The van der Waals surface area contributed by atoms with E-state index < -0.39 is 0 Å². The molecule has 0 bridgehead atoms. The summed E-state index contributed by atoms with van der Waals surface area (Å²) < 4.78 is 7.65. The Bertz CT molecular complexity index is 395. The van der Waals surface area contributed by atoms with Crippen LogP contribution in [0.3, 0.4) is 0 Å². The van der Waals surface area contributed by atoms with Crippen LogP contribution in [0.15, 0.2) is 18.3 Å². The Balaban J connectivity index is 1.56. The third-order valence-corrected chi connectivity index (χ3v) is 3.69. The van der Waals surface area contributed by atoms with Gasteiger partial charge in [-0.25, -0.2) is 0 Å². The van der Waals surface area contributed by atoms with Gasteiger partial charge in [0, 0.05) is 26.4 Å². The third-order valence-electron chi connectivity index (χ3n) is 3.69. The van der Waals surface area contributed by atoms with E-state index in [-0.39, 0.29) is 5.91 Å². The van der Waals surface area contributed by atoms with Gasteiger partial charge in [-0.2, -0.15) is 0 Å². The van der Waals surface area contributed by atoms with Gasteiger partial charge in [0.2, 0.25) is 0 Å². The maximum Gasteiger partial charge on any atom is 0.267 e. The molecule has 4 nitrogen and oxygen atoms in total. The quantitative estimate of drug-likeness (QED) is 0.802. The van der Waals surface area contributed by atoms with Gasteiger partial charge in [-0.05, 0) is 31.4 Å². The Hall–Kier alpha value is -1.29. The number of aromatic nitrogens is 1. The van der Waals surface area contributed by atoms with Gasteiger partial charge in [0.15, 0.2) is 0 Å². The van der Waals surface area contributed by atoms with Crippen molar-refractivity contribution in [1.82, 2.24) is 9.88 Å². The average molecular weight is 264 g/mol. The second-order valence-electron chi connectivity index (χ2n) is 5.24. The molecule has 106 valence electrons. The van der Waals surface area contributed by atoms with Crippen molar-refractivity contribution in [3.8, 4) is 0 Å². The number of amides is 1. The zero-order valence-electron chi connectivity index (χ0n) is 11.7. The van der Waals surface area contributed by atoms with Crippen LogP contribution in [0, 0.1) is 0 Å². The van der Waals surface area contributed by atoms with E-state index in [1.165, 1.54) is 32.1 Å². The Kier molecular flexibility index (Phi) is 5.45. The lowest BCUT2D eigenvalue weighted by molar-refractivity contribution is 0.0273. The van der Waals surface area contributed by atoms with Crippen LogP contribution in [-0.2, 0) is 11.8 Å². The van der Waals surface area contributed by atoms with Gasteiger partial charge in [-0.3, -0.25) is 4.79 Å². The summed E-state index contributed by atoms with van der Waals surface area (Å²) in [5.41, 5.74) is 0.702. The van der Waals surface area contributed by atoms with Crippen LogP contribution in [0.25, 0.3) is 0 Å². The van der Waals surface area contributed by atoms with Gasteiger partial charge in [0.1, 0.15) is 5.69 Å². The van der Waals surface area contributed by atoms with Crippen LogP contribution < -0.4 is 5.32 Å². The van der Waals surface area contributed by atoms with E-state index in [2.05, 4.69) is 5.32 Å². The molecule has 0 atom stereocenters. The summed E-state index contributed by atoms with van der Waals surface area (Å²) in [6.07, 6.45) is 9.58. The molecule has 1 aliphatic carbocycles. The molecule has 1 aromatic rings. The molecule has 19 heavy (non-hydrogen) atoms. The molecule has 0 aromatic carbocycles. The van der Waals surface area contributed by atoms with E-state index in [1.807, 2.05) is 29.9 Å². The predicted molar refractivity (Wildman–Crippen MR) is 75.2 cm³/mol. The Morgan fingerprint density at radius 3 is 2.89 bits per heavy atom. The van der Waals surface area contributed by atoms with Crippen molar-refractivity contribution in [2.75, 3.05) is 13.2 Å². The highest BCUT2D eigenvalue weighted by Gasteiger charge is 2.13. The smallest absolute Gasteiger partial charge is 0.267 e. The van der Waals surface area contributed by atoms with Crippen molar-refractivity contribution in [1.29, 1.82) is 0 Å². The highest BCUT2D eigenvalue weighted by Crippen LogP contribution is 2.20. The van der Waals surface area contributed by atoms with Gasteiger partial charge in [0.25, 0.3) is 5.91 Å². The fourth-order valence-corrected chi connectivity index (χ4v) is 2.54. The van der Waals surface area contributed by atoms with E-state index >= 15 is 0 Å². The first-order valence-corrected chi connectivity index (χ1v) is 7.28. The zero-order chi connectivity index (χ0) is 13.5. The molecular weight excluding hydrogens is 240 g/mol. The number of nitrogens with one attached hydrogen (secondary N) is 1. The minimum absolute atomic E-state index is 0.00911. The zero-order valence-corrected chi connectivity index (χ0v) is 11.7. The summed E-state index contributed by atoms with van der Waals surface area (Å²) in [6, 6.07) is 3.70. The second-order valence-corrected chi connectivity index (χ2v) is 5.24. The average Bonchev–Trinajstić information content (AvgIpc) is 2.86. The topological polar surface area (TPSA) is 43.3 Å². The van der Waals surface area contributed by atoms with Gasteiger partial charge >= 0.3 is 0 Å². The maximum absolute atomic E-state index is 11.8. The monoisotopic (exact) mass is 264 g/mol. The third kappa shape index (κ3) is 4.39. The van der Waals surface area contributed by atoms with Gasteiger partial charge in [-0.1, -0.05) is 19.3 Å². The van der Waals surface area contributed by atoms with Gasteiger partial charge in [0.05, 0.1) is 6.10 Å². The van der Waals surface area contributed by atoms with Crippen molar-refractivity contribution in [2.24, 2.45) is 7.05 Å². The minimum atomic E-state index is -0.00911. The molecule has 1 N–H and O–H groups in total. The molecule has 4 heteroatoms. The standard InChI is InChI=1S/C15H24N2O2/c1-17-11-5-9-14(17)15(18)16-10-6-12-19-13-7-3-2-4-8-13/h5,9,11,13H,2-4,6-8,10,12H2,1H3,(H,16,18). The number of hydrogen-bond donors (Lipinski definition) is 1. The number of rotatable bonds is 6. The van der Waals surface area contributed by atoms with Crippen molar-refractivity contribution in [3.63, 3.8) is 0 Å². The second kappa shape index (κ2) is 7.34. The molecule has 2 rings (SSSR count). The fourth-order valence-electron chi connectivity index (χ4n) is 2.54. The number of nitrogens with zero attached hydrogens (tertiary/aromatic N) is 1. The highest BCUT2D eigenvalue weighted by atomic mass is 16.5. The van der Waals surface area contributed by atoms with E-state index in [9.17, 15) is 4.79 Å². The van der Waals surface area contributed by atoms with Crippen LogP contribution in [0.5, 0.6) is 0 Å². The Morgan fingerprint density at radius 2 is 2.21 bits per heavy atom.